The average molecular weight is 327 g/mol. The Kier molecular flexibility index (Phi) is 4.22. The van der Waals surface area contributed by atoms with Crippen molar-refractivity contribution in [2.45, 2.75) is 52.2 Å². The van der Waals surface area contributed by atoms with Crippen LogP contribution in [-0.2, 0) is 24.1 Å². The summed E-state index contributed by atoms with van der Waals surface area (Å²) in [6.45, 7) is 7.36. The topological polar surface area (TPSA) is 56.1 Å². The van der Waals surface area contributed by atoms with Gasteiger partial charge in [-0.3, -0.25) is 4.68 Å². The minimum Gasteiger partial charge on any atom is -0.373 e. The van der Waals surface area contributed by atoms with Gasteiger partial charge in [-0.25, -0.2) is 9.97 Å². The molecule has 6 heteroatoms. The lowest BCUT2D eigenvalue weighted by molar-refractivity contribution is 0.0271. The Balaban J connectivity index is 1.55. The number of aryl methyl sites for hydroxylation is 3. The number of hydrogen-bond acceptors (Lipinski definition) is 5. The van der Waals surface area contributed by atoms with E-state index in [0.29, 0.717) is 0 Å². The molecule has 0 aromatic carbocycles. The molecule has 0 spiro atoms. The molecule has 2 aliphatic rings. The van der Waals surface area contributed by atoms with Crippen LogP contribution >= 0.6 is 0 Å². The molecule has 24 heavy (non-hydrogen) atoms. The van der Waals surface area contributed by atoms with E-state index >= 15 is 0 Å². The van der Waals surface area contributed by atoms with Crippen molar-refractivity contribution in [1.29, 1.82) is 0 Å². The Morgan fingerprint density at radius 2 is 2.08 bits per heavy atom. The fourth-order valence-electron chi connectivity index (χ4n) is 3.75. The number of ether oxygens (including phenoxy) is 1. The molecule has 0 N–H and O–H groups in total. The fourth-order valence-corrected chi connectivity index (χ4v) is 3.75. The molecule has 2 aromatic heterocycles. The van der Waals surface area contributed by atoms with Crippen LogP contribution in [-0.4, -0.2) is 45.5 Å². The van der Waals surface area contributed by atoms with Crippen LogP contribution in [0, 0.1) is 13.8 Å². The molecule has 3 heterocycles. The predicted octanol–water partition coefficient (Wildman–Crippen LogP) is 2.07. The van der Waals surface area contributed by atoms with Gasteiger partial charge >= 0.3 is 0 Å². The van der Waals surface area contributed by atoms with Crippen LogP contribution < -0.4 is 4.90 Å². The Morgan fingerprint density at radius 1 is 1.21 bits per heavy atom. The molecule has 1 unspecified atom stereocenters. The van der Waals surface area contributed by atoms with Crippen molar-refractivity contribution in [3.05, 3.63) is 35.0 Å². The van der Waals surface area contributed by atoms with Crippen LogP contribution in [0.2, 0.25) is 0 Å². The number of morpholine rings is 1. The van der Waals surface area contributed by atoms with Crippen molar-refractivity contribution in [2.75, 3.05) is 24.6 Å². The standard InChI is InChI=1S/C18H25N5O/c1-13-9-19-23(10-13)12-15-11-22(7-8-24-15)18-16-5-3-4-6-17(16)20-14(2)21-18/h9-10,15H,3-8,11-12H2,1-2H3. The van der Waals surface area contributed by atoms with Gasteiger partial charge in [0.2, 0.25) is 0 Å². The molecule has 1 aliphatic carbocycles. The largest absolute Gasteiger partial charge is 0.373 e. The SMILES string of the molecule is Cc1cnn(CC2CN(c3nc(C)nc4c3CCCC4)CCO2)c1. The highest BCUT2D eigenvalue weighted by molar-refractivity contribution is 5.50. The zero-order valence-corrected chi connectivity index (χ0v) is 14.5. The van der Waals surface area contributed by atoms with Gasteiger partial charge in [-0.15, -0.1) is 0 Å². The molecule has 1 saturated heterocycles. The summed E-state index contributed by atoms with van der Waals surface area (Å²) in [4.78, 5) is 11.9. The first-order valence-electron chi connectivity index (χ1n) is 8.91. The predicted molar refractivity (Wildman–Crippen MR) is 92.3 cm³/mol. The lowest BCUT2D eigenvalue weighted by atomic mass is 9.96. The monoisotopic (exact) mass is 327 g/mol. The van der Waals surface area contributed by atoms with Gasteiger partial charge in [-0.05, 0) is 45.1 Å². The second-order valence-corrected chi connectivity index (χ2v) is 6.91. The Labute approximate surface area is 142 Å². The normalized spacial score (nSPS) is 20.9. The zero-order valence-electron chi connectivity index (χ0n) is 14.5. The molecule has 1 fully saturated rings. The maximum atomic E-state index is 5.97. The second kappa shape index (κ2) is 6.51. The summed E-state index contributed by atoms with van der Waals surface area (Å²) in [5, 5.41) is 4.38. The van der Waals surface area contributed by atoms with Gasteiger partial charge in [0.05, 0.1) is 25.5 Å². The van der Waals surface area contributed by atoms with Crippen LogP contribution in [0.1, 0.15) is 35.5 Å². The summed E-state index contributed by atoms with van der Waals surface area (Å²) in [6, 6.07) is 0. The van der Waals surface area contributed by atoms with Crippen molar-refractivity contribution in [3.63, 3.8) is 0 Å². The lowest BCUT2D eigenvalue weighted by Crippen LogP contribution is -2.45. The first kappa shape index (κ1) is 15.6. The molecule has 0 radical (unpaired) electrons. The molecule has 4 rings (SSSR count). The summed E-state index contributed by atoms with van der Waals surface area (Å²) in [7, 11) is 0. The minimum atomic E-state index is 0.146. The van der Waals surface area contributed by atoms with Gasteiger partial charge in [0, 0.05) is 30.5 Å². The van der Waals surface area contributed by atoms with Gasteiger partial charge in [0.25, 0.3) is 0 Å². The Hall–Kier alpha value is -1.95. The number of hydrogen-bond donors (Lipinski definition) is 0. The Bertz CT molecular complexity index is 726. The van der Waals surface area contributed by atoms with Crippen molar-refractivity contribution in [3.8, 4) is 0 Å². The Morgan fingerprint density at radius 3 is 2.92 bits per heavy atom. The van der Waals surface area contributed by atoms with Crippen LogP contribution in [0.4, 0.5) is 5.82 Å². The van der Waals surface area contributed by atoms with E-state index < -0.39 is 0 Å². The third kappa shape index (κ3) is 3.15. The molecule has 1 aliphatic heterocycles. The summed E-state index contributed by atoms with van der Waals surface area (Å²) >= 11 is 0. The molecule has 0 bridgehead atoms. The number of anilines is 1. The van der Waals surface area contributed by atoms with E-state index in [2.05, 4.69) is 28.1 Å². The molecule has 128 valence electrons. The van der Waals surface area contributed by atoms with Crippen LogP contribution in [0.15, 0.2) is 12.4 Å². The van der Waals surface area contributed by atoms with Crippen molar-refractivity contribution < 1.29 is 4.74 Å². The van der Waals surface area contributed by atoms with E-state index in [9.17, 15) is 0 Å². The fraction of sp³-hybridized carbons (Fsp3) is 0.611. The summed E-state index contributed by atoms with van der Waals surface area (Å²) in [5.41, 5.74) is 3.81. The van der Waals surface area contributed by atoms with E-state index in [1.807, 2.05) is 17.8 Å². The number of rotatable bonds is 3. The van der Waals surface area contributed by atoms with Crippen LogP contribution in [0.5, 0.6) is 0 Å². The maximum absolute atomic E-state index is 5.97. The highest BCUT2D eigenvalue weighted by Crippen LogP contribution is 2.29. The number of aromatic nitrogens is 4. The molecular weight excluding hydrogens is 302 g/mol. The van der Waals surface area contributed by atoms with E-state index in [1.165, 1.54) is 29.7 Å². The van der Waals surface area contributed by atoms with Gasteiger partial charge in [-0.1, -0.05) is 0 Å². The molecule has 0 saturated carbocycles. The van der Waals surface area contributed by atoms with Gasteiger partial charge in [0.15, 0.2) is 0 Å². The maximum Gasteiger partial charge on any atom is 0.135 e. The van der Waals surface area contributed by atoms with E-state index in [1.54, 1.807) is 0 Å². The van der Waals surface area contributed by atoms with E-state index in [-0.39, 0.29) is 6.10 Å². The quantitative estimate of drug-likeness (QED) is 0.864. The number of fused-ring (bicyclic) bond motifs is 1. The third-order valence-corrected chi connectivity index (χ3v) is 4.86. The van der Waals surface area contributed by atoms with Crippen molar-refractivity contribution in [2.24, 2.45) is 0 Å². The highest BCUT2D eigenvalue weighted by Gasteiger charge is 2.26. The molecule has 2 aromatic rings. The first-order valence-corrected chi connectivity index (χ1v) is 8.91. The smallest absolute Gasteiger partial charge is 0.135 e. The second-order valence-electron chi connectivity index (χ2n) is 6.91. The van der Waals surface area contributed by atoms with Gasteiger partial charge < -0.3 is 9.64 Å². The van der Waals surface area contributed by atoms with Gasteiger partial charge in [0.1, 0.15) is 11.6 Å². The van der Waals surface area contributed by atoms with Crippen LogP contribution in [0.3, 0.4) is 0 Å². The lowest BCUT2D eigenvalue weighted by Gasteiger charge is -2.35. The molecule has 6 nitrogen and oxygen atoms in total. The minimum absolute atomic E-state index is 0.146. The number of nitrogens with zero attached hydrogens (tertiary/aromatic N) is 5. The van der Waals surface area contributed by atoms with E-state index in [0.717, 1.165) is 50.7 Å². The van der Waals surface area contributed by atoms with Gasteiger partial charge in [-0.2, -0.15) is 5.10 Å². The third-order valence-electron chi connectivity index (χ3n) is 4.86. The zero-order chi connectivity index (χ0) is 16.5. The summed E-state index contributed by atoms with van der Waals surface area (Å²) < 4.78 is 7.95. The average Bonchev–Trinajstić information content (AvgIpc) is 2.99. The highest BCUT2D eigenvalue weighted by atomic mass is 16.5. The first-order chi connectivity index (χ1) is 11.7. The van der Waals surface area contributed by atoms with Crippen molar-refractivity contribution in [1.82, 2.24) is 19.7 Å². The molecular formula is C18H25N5O. The van der Waals surface area contributed by atoms with Crippen LogP contribution in [0.25, 0.3) is 0 Å². The van der Waals surface area contributed by atoms with Crippen molar-refractivity contribution >= 4 is 5.82 Å². The summed E-state index contributed by atoms with van der Waals surface area (Å²) in [6.07, 6.45) is 8.79. The molecule has 0 amide bonds. The molecule has 1 atom stereocenters. The van der Waals surface area contributed by atoms with E-state index in [4.69, 9.17) is 9.72 Å². The summed E-state index contributed by atoms with van der Waals surface area (Å²) in [5.74, 6) is 2.03.